The Morgan fingerprint density at radius 2 is 2.36 bits per heavy atom. The minimum absolute atomic E-state index is 0.0451. The van der Waals surface area contributed by atoms with Gasteiger partial charge in [0.25, 0.3) is 0 Å². The van der Waals surface area contributed by atoms with E-state index in [1.807, 2.05) is 30.5 Å². The second kappa shape index (κ2) is 3.92. The first-order valence-corrected chi connectivity index (χ1v) is 5.15. The van der Waals surface area contributed by atoms with E-state index in [0.29, 0.717) is 13.0 Å². The first-order valence-electron chi connectivity index (χ1n) is 4.35. The largest absolute Gasteiger partial charge is 0.857 e. The minimum Gasteiger partial charge on any atom is -0.857 e. The SMILES string of the molecule is [O-]C1=N/[N+](=C/c2cccc(Br)c2)CC1. The number of nitrogens with zero attached hydrogens (tertiary/aromatic N) is 2. The number of hydrogen-bond acceptors (Lipinski definition) is 2. The van der Waals surface area contributed by atoms with E-state index >= 15 is 0 Å². The first kappa shape index (κ1) is 9.40. The number of hydrazone groups is 1. The van der Waals surface area contributed by atoms with Gasteiger partial charge in [-0.3, -0.25) is 0 Å². The average Bonchev–Trinajstić information content (AvgIpc) is 2.51. The van der Waals surface area contributed by atoms with Crippen molar-refractivity contribution >= 4 is 28.0 Å². The molecule has 0 N–H and O–H groups in total. The van der Waals surface area contributed by atoms with E-state index in [1.54, 1.807) is 4.68 Å². The molecule has 0 radical (unpaired) electrons. The van der Waals surface area contributed by atoms with E-state index in [4.69, 9.17) is 0 Å². The molecule has 1 heterocycles. The Labute approximate surface area is 90.5 Å². The van der Waals surface area contributed by atoms with Crippen LogP contribution >= 0.6 is 15.9 Å². The summed E-state index contributed by atoms with van der Waals surface area (Å²) in [6, 6.07) is 7.87. The van der Waals surface area contributed by atoms with Crippen molar-refractivity contribution in [2.75, 3.05) is 6.54 Å². The normalized spacial score (nSPS) is 18.6. The minimum atomic E-state index is -0.0451. The highest BCUT2D eigenvalue weighted by molar-refractivity contribution is 9.10. The van der Waals surface area contributed by atoms with Gasteiger partial charge in [0, 0.05) is 22.4 Å². The van der Waals surface area contributed by atoms with E-state index in [1.165, 1.54) is 0 Å². The molecule has 0 unspecified atom stereocenters. The number of halogens is 1. The topological polar surface area (TPSA) is 38.4 Å². The van der Waals surface area contributed by atoms with Gasteiger partial charge in [0.2, 0.25) is 6.21 Å². The summed E-state index contributed by atoms with van der Waals surface area (Å²) >= 11 is 3.39. The maximum atomic E-state index is 10.9. The fraction of sp³-hybridized carbons (Fsp3) is 0.200. The van der Waals surface area contributed by atoms with Gasteiger partial charge < -0.3 is 5.11 Å². The summed E-state index contributed by atoms with van der Waals surface area (Å²) in [5.74, 6) is -0.0451. The lowest BCUT2D eigenvalue weighted by molar-refractivity contribution is -0.519. The van der Waals surface area contributed by atoms with Gasteiger partial charge in [0.1, 0.15) is 0 Å². The van der Waals surface area contributed by atoms with Crippen LogP contribution in [0, 0.1) is 0 Å². The Morgan fingerprint density at radius 3 is 3.00 bits per heavy atom. The molecule has 1 aromatic rings. The summed E-state index contributed by atoms with van der Waals surface area (Å²) in [4.78, 5) is 0. The van der Waals surface area contributed by atoms with Gasteiger partial charge in [-0.25, -0.2) is 0 Å². The lowest BCUT2D eigenvalue weighted by Gasteiger charge is -1.91. The summed E-state index contributed by atoms with van der Waals surface area (Å²) in [6.45, 7) is 0.686. The third-order valence-corrected chi connectivity index (χ3v) is 2.43. The van der Waals surface area contributed by atoms with Crippen LogP contribution in [0.15, 0.2) is 33.8 Å². The second-order valence-electron chi connectivity index (χ2n) is 3.09. The predicted octanol–water partition coefficient (Wildman–Crippen LogP) is 0.958. The molecular weight excluding hydrogens is 244 g/mol. The molecular formula is C10H9BrN2O. The van der Waals surface area contributed by atoms with Gasteiger partial charge in [-0.05, 0) is 23.3 Å². The Kier molecular flexibility index (Phi) is 2.63. The van der Waals surface area contributed by atoms with Crippen LogP contribution in [0.2, 0.25) is 0 Å². The smallest absolute Gasteiger partial charge is 0.203 e. The fourth-order valence-corrected chi connectivity index (χ4v) is 1.72. The van der Waals surface area contributed by atoms with Crippen LogP contribution in [0.25, 0.3) is 0 Å². The quantitative estimate of drug-likeness (QED) is 0.687. The molecule has 0 fully saturated rings. The third kappa shape index (κ3) is 2.20. The van der Waals surface area contributed by atoms with Crippen molar-refractivity contribution < 1.29 is 9.79 Å². The van der Waals surface area contributed by atoms with Gasteiger partial charge in [-0.1, -0.05) is 26.7 Å². The van der Waals surface area contributed by atoms with Crippen molar-refractivity contribution in [2.45, 2.75) is 6.42 Å². The molecule has 0 aromatic heterocycles. The molecule has 0 saturated carbocycles. The molecule has 1 aliphatic rings. The molecule has 14 heavy (non-hydrogen) atoms. The maximum Gasteiger partial charge on any atom is 0.203 e. The van der Waals surface area contributed by atoms with E-state index in [9.17, 15) is 5.11 Å². The third-order valence-electron chi connectivity index (χ3n) is 1.94. The predicted molar refractivity (Wildman–Crippen MR) is 56.5 cm³/mol. The number of rotatable bonds is 1. The van der Waals surface area contributed by atoms with E-state index in [2.05, 4.69) is 21.0 Å². The first-order chi connectivity index (χ1) is 6.74. The summed E-state index contributed by atoms with van der Waals surface area (Å²) in [6.07, 6.45) is 2.39. The molecule has 0 atom stereocenters. The summed E-state index contributed by atoms with van der Waals surface area (Å²) in [5.41, 5.74) is 1.04. The van der Waals surface area contributed by atoms with Gasteiger partial charge >= 0.3 is 0 Å². The molecule has 0 spiro atoms. The molecule has 0 aliphatic carbocycles. The van der Waals surface area contributed by atoms with Crippen molar-refractivity contribution in [3.05, 3.63) is 34.3 Å². The number of hydrogen-bond donors (Lipinski definition) is 0. The highest BCUT2D eigenvalue weighted by Crippen LogP contribution is 2.10. The molecule has 1 aliphatic heterocycles. The highest BCUT2D eigenvalue weighted by atomic mass is 79.9. The molecule has 3 nitrogen and oxygen atoms in total. The van der Waals surface area contributed by atoms with Gasteiger partial charge in [-0.15, -0.1) is 0 Å². The van der Waals surface area contributed by atoms with Crippen LogP contribution < -0.4 is 5.11 Å². The van der Waals surface area contributed by atoms with E-state index < -0.39 is 0 Å². The van der Waals surface area contributed by atoms with Crippen LogP contribution in [0.1, 0.15) is 12.0 Å². The van der Waals surface area contributed by atoms with Gasteiger partial charge in [-0.2, -0.15) is 0 Å². The zero-order valence-electron chi connectivity index (χ0n) is 7.48. The summed E-state index contributed by atoms with van der Waals surface area (Å²) in [7, 11) is 0. The molecule has 1 aromatic carbocycles. The van der Waals surface area contributed by atoms with E-state index in [-0.39, 0.29) is 5.90 Å². The Bertz CT molecular complexity index is 412. The van der Waals surface area contributed by atoms with Crippen LogP contribution in [-0.2, 0) is 0 Å². The molecule has 4 heteroatoms. The Morgan fingerprint density at radius 1 is 1.50 bits per heavy atom. The standard InChI is InChI=1S/C10H9BrN2O/c11-9-3-1-2-8(6-9)7-13-5-4-10(14)12-13/h1-3,6-7H,4-5H2/b13-7+. The zero-order chi connectivity index (χ0) is 9.97. The molecule has 72 valence electrons. The van der Waals surface area contributed by atoms with Crippen LogP contribution in [-0.4, -0.2) is 23.3 Å². The molecule has 0 amide bonds. The average molecular weight is 253 g/mol. The number of benzene rings is 1. The highest BCUT2D eigenvalue weighted by Gasteiger charge is 2.10. The lowest BCUT2D eigenvalue weighted by atomic mass is 10.2. The van der Waals surface area contributed by atoms with Crippen molar-refractivity contribution in [3.63, 3.8) is 0 Å². The second-order valence-corrected chi connectivity index (χ2v) is 4.01. The Balaban J connectivity index is 2.26. The maximum absolute atomic E-state index is 10.9. The fourth-order valence-electron chi connectivity index (χ4n) is 1.31. The summed E-state index contributed by atoms with van der Waals surface area (Å²) < 4.78 is 2.71. The molecule has 0 saturated heterocycles. The molecule has 0 bridgehead atoms. The van der Waals surface area contributed by atoms with Crippen LogP contribution in [0.5, 0.6) is 0 Å². The zero-order valence-corrected chi connectivity index (χ0v) is 9.07. The van der Waals surface area contributed by atoms with Crippen molar-refractivity contribution in [1.82, 2.24) is 0 Å². The van der Waals surface area contributed by atoms with E-state index in [0.717, 1.165) is 10.0 Å². The van der Waals surface area contributed by atoms with Gasteiger partial charge in [0.05, 0.1) is 0 Å². The van der Waals surface area contributed by atoms with Crippen molar-refractivity contribution in [3.8, 4) is 0 Å². The lowest BCUT2D eigenvalue weighted by Crippen LogP contribution is -2.13. The van der Waals surface area contributed by atoms with Crippen LogP contribution in [0.3, 0.4) is 0 Å². The van der Waals surface area contributed by atoms with Gasteiger partial charge in [0.15, 0.2) is 6.54 Å². The van der Waals surface area contributed by atoms with Crippen molar-refractivity contribution in [1.29, 1.82) is 0 Å². The summed E-state index contributed by atoms with van der Waals surface area (Å²) in [5, 5.41) is 14.7. The monoisotopic (exact) mass is 252 g/mol. The Hall–Kier alpha value is -1.16. The molecule has 2 rings (SSSR count). The van der Waals surface area contributed by atoms with Crippen LogP contribution in [0.4, 0.5) is 0 Å². The van der Waals surface area contributed by atoms with Crippen molar-refractivity contribution in [2.24, 2.45) is 5.10 Å².